The molecule has 17 heavy (non-hydrogen) atoms. The molecule has 0 aliphatic rings. The van der Waals surface area contributed by atoms with Crippen LogP contribution in [0.25, 0.3) is 0 Å². The number of hydrogen-bond donors (Lipinski definition) is 1. The highest BCUT2D eigenvalue weighted by Crippen LogP contribution is 2.30. The number of rotatable bonds is 2. The fraction of sp³-hybridized carbons (Fsp3) is 0.143. The van der Waals surface area contributed by atoms with Crippen molar-refractivity contribution in [1.82, 2.24) is 0 Å². The van der Waals surface area contributed by atoms with Crippen LogP contribution in [0, 0.1) is 19.7 Å². The lowest BCUT2D eigenvalue weighted by molar-refractivity contribution is 0.478. The number of hydrogen-bond acceptors (Lipinski definition) is 2. The van der Waals surface area contributed by atoms with Gasteiger partial charge in [-0.15, -0.1) is 0 Å². The SMILES string of the molecule is Cc1ccc(Oc2ccc(F)cc2C)c(N)c1. The van der Waals surface area contributed by atoms with Crippen molar-refractivity contribution < 1.29 is 9.13 Å². The molecule has 0 radical (unpaired) electrons. The van der Waals surface area contributed by atoms with Crippen LogP contribution in [0.1, 0.15) is 11.1 Å². The Kier molecular flexibility index (Phi) is 3.00. The van der Waals surface area contributed by atoms with E-state index >= 15 is 0 Å². The molecule has 2 rings (SSSR count). The number of anilines is 1. The fourth-order valence-electron chi connectivity index (χ4n) is 1.61. The molecular weight excluding hydrogens is 217 g/mol. The average molecular weight is 231 g/mol. The number of nitrogen functional groups attached to an aromatic ring is 1. The van der Waals surface area contributed by atoms with E-state index in [-0.39, 0.29) is 5.82 Å². The largest absolute Gasteiger partial charge is 0.455 e. The minimum absolute atomic E-state index is 0.272. The molecule has 2 N–H and O–H groups in total. The molecule has 0 atom stereocenters. The average Bonchev–Trinajstić information content (AvgIpc) is 2.25. The molecule has 0 amide bonds. The molecule has 2 aromatic rings. The highest BCUT2D eigenvalue weighted by molar-refractivity contribution is 5.56. The molecule has 0 bridgehead atoms. The van der Waals surface area contributed by atoms with E-state index in [0.29, 0.717) is 17.2 Å². The van der Waals surface area contributed by atoms with Crippen LogP contribution in [-0.4, -0.2) is 0 Å². The molecular formula is C14H14FNO. The summed E-state index contributed by atoms with van der Waals surface area (Å²) in [5.41, 5.74) is 8.24. The van der Waals surface area contributed by atoms with Gasteiger partial charge in [0, 0.05) is 0 Å². The molecule has 2 nitrogen and oxygen atoms in total. The third-order valence-electron chi connectivity index (χ3n) is 2.52. The van der Waals surface area contributed by atoms with E-state index in [9.17, 15) is 4.39 Å². The summed E-state index contributed by atoms with van der Waals surface area (Å²) in [6, 6.07) is 9.97. The van der Waals surface area contributed by atoms with Crippen molar-refractivity contribution in [3.8, 4) is 11.5 Å². The van der Waals surface area contributed by atoms with Crippen LogP contribution >= 0.6 is 0 Å². The van der Waals surface area contributed by atoms with Gasteiger partial charge in [0.1, 0.15) is 17.3 Å². The number of nitrogens with two attached hydrogens (primary N) is 1. The highest BCUT2D eigenvalue weighted by Gasteiger charge is 2.05. The lowest BCUT2D eigenvalue weighted by Gasteiger charge is -2.11. The zero-order valence-electron chi connectivity index (χ0n) is 9.83. The van der Waals surface area contributed by atoms with Crippen LogP contribution in [0.5, 0.6) is 11.5 Å². The van der Waals surface area contributed by atoms with E-state index in [4.69, 9.17) is 10.5 Å². The van der Waals surface area contributed by atoms with Gasteiger partial charge in [-0.05, 0) is 55.3 Å². The van der Waals surface area contributed by atoms with Gasteiger partial charge in [0.2, 0.25) is 0 Å². The van der Waals surface area contributed by atoms with Crippen molar-refractivity contribution in [3.63, 3.8) is 0 Å². The van der Waals surface area contributed by atoms with Gasteiger partial charge >= 0.3 is 0 Å². The molecule has 88 valence electrons. The maximum atomic E-state index is 12.9. The predicted molar refractivity (Wildman–Crippen MR) is 66.8 cm³/mol. The number of ether oxygens (including phenoxy) is 1. The molecule has 0 saturated heterocycles. The molecule has 0 fully saturated rings. The van der Waals surface area contributed by atoms with E-state index in [0.717, 1.165) is 11.1 Å². The van der Waals surface area contributed by atoms with Gasteiger partial charge in [0.15, 0.2) is 0 Å². The molecule has 2 aromatic carbocycles. The van der Waals surface area contributed by atoms with Crippen molar-refractivity contribution in [1.29, 1.82) is 0 Å². The van der Waals surface area contributed by atoms with Crippen LogP contribution in [0.15, 0.2) is 36.4 Å². The van der Waals surface area contributed by atoms with Crippen molar-refractivity contribution in [3.05, 3.63) is 53.3 Å². The van der Waals surface area contributed by atoms with Gasteiger partial charge in [-0.2, -0.15) is 0 Å². The van der Waals surface area contributed by atoms with Crippen molar-refractivity contribution in [2.24, 2.45) is 0 Å². The van der Waals surface area contributed by atoms with Crippen LogP contribution in [-0.2, 0) is 0 Å². The second-order valence-electron chi connectivity index (χ2n) is 4.05. The quantitative estimate of drug-likeness (QED) is 0.797. The highest BCUT2D eigenvalue weighted by atomic mass is 19.1. The number of benzene rings is 2. The zero-order chi connectivity index (χ0) is 12.4. The van der Waals surface area contributed by atoms with Crippen molar-refractivity contribution in [2.45, 2.75) is 13.8 Å². The maximum Gasteiger partial charge on any atom is 0.150 e. The summed E-state index contributed by atoms with van der Waals surface area (Å²) in [6.45, 7) is 3.76. The second kappa shape index (κ2) is 4.45. The summed E-state index contributed by atoms with van der Waals surface area (Å²) < 4.78 is 18.6. The van der Waals surface area contributed by atoms with Crippen molar-refractivity contribution in [2.75, 3.05) is 5.73 Å². The monoisotopic (exact) mass is 231 g/mol. The first-order valence-corrected chi connectivity index (χ1v) is 5.36. The van der Waals surface area contributed by atoms with E-state index in [2.05, 4.69) is 0 Å². The van der Waals surface area contributed by atoms with E-state index in [1.807, 2.05) is 25.1 Å². The normalized spacial score (nSPS) is 10.3. The molecule has 0 heterocycles. The zero-order valence-corrected chi connectivity index (χ0v) is 9.83. The third kappa shape index (κ3) is 2.56. The van der Waals surface area contributed by atoms with Crippen LogP contribution in [0.3, 0.4) is 0 Å². The van der Waals surface area contributed by atoms with E-state index in [1.54, 1.807) is 13.0 Å². The first kappa shape index (κ1) is 11.5. The topological polar surface area (TPSA) is 35.2 Å². The molecule has 0 aliphatic carbocycles. The Labute approximate surface area is 99.8 Å². The first-order chi connectivity index (χ1) is 8.06. The third-order valence-corrected chi connectivity index (χ3v) is 2.52. The Morgan fingerprint density at radius 1 is 1.00 bits per heavy atom. The molecule has 0 spiro atoms. The molecule has 0 aliphatic heterocycles. The summed E-state index contributed by atoms with van der Waals surface area (Å²) in [7, 11) is 0. The second-order valence-corrected chi connectivity index (χ2v) is 4.05. The molecule has 0 aromatic heterocycles. The number of halogens is 1. The Hall–Kier alpha value is -2.03. The molecule has 0 unspecified atom stereocenters. The van der Waals surface area contributed by atoms with E-state index in [1.165, 1.54) is 12.1 Å². The predicted octanol–water partition coefficient (Wildman–Crippen LogP) is 3.82. The van der Waals surface area contributed by atoms with Crippen LogP contribution < -0.4 is 10.5 Å². The molecule has 3 heteroatoms. The Bertz CT molecular complexity index is 502. The minimum Gasteiger partial charge on any atom is -0.455 e. The standard InChI is InChI=1S/C14H14FNO/c1-9-3-5-14(12(16)7-9)17-13-6-4-11(15)8-10(13)2/h3-8H,16H2,1-2H3. The maximum absolute atomic E-state index is 12.9. The Morgan fingerprint density at radius 2 is 1.71 bits per heavy atom. The van der Waals surface area contributed by atoms with E-state index < -0.39 is 0 Å². The minimum atomic E-state index is -0.272. The fourth-order valence-corrected chi connectivity index (χ4v) is 1.61. The summed E-state index contributed by atoms with van der Waals surface area (Å²) in [4.78, 5) is 0. The van der Waals surface area contributed by atoms with Gasteiger partial charge in [-0.3, -0.25) is 0 Å². The van der Waals surface area contributed by atoms with Gasteiger partial charge in [-0.1, -0.05) is 6.07 Å². The lowest BCUT2D eigenvalue weighted by atomic mass is 10.2. The lowest BCUT2D eigenvalue weighted by Crippen LogP contribution is -1.94. The van der Waals surface area contributed by atoms with Gasteiger partial charge in [0.05, 0.1) is 5.69 Å². The van der Waals surface area contributed by atoms with Crippen LogP contribution in [0.2, 0.25) is 0 Å². The van der Waals surface area contributed by atoms with Crippen LogP contribution in [0.4, 0.5) is 10.1 Å². The Balaban J connectivity index is 2.31. The summed E-state index contributed by atoms with van der Waals surface area (Å²) in [5, 5.41) is 0. The smallest absolute Gasteiger partial charge is 0.150 e. The Morgan fingerprint density at radius 3 is 2.35 bits per heavy atom. The summed E-state index contributed by atoms with van der Waals surface area (Å²) >= 11 is 0. The summed E-state index contributed by atoms with van der Waals surface area (Å²) in [5.74, 6) is 0.930. The summed E-state index contributed by atoms with van der Waals surface area (Å²) in [6.07, 6.45) is 0. The number of aryl methyl sites for hydroxylation is 2. The van der Waals surface area contributed by atoms with Gasteiger partial charge in [-0.25, -0.2) is 4.39 Å². The van der Waals surface area contributed by atoms with Gasteiger partial charge < -0.3 is 10.5 Å². The molecule has 0 saturated carbocycles. The van der Waals surface area contributed by atoms with Crippen molar-refractivity contribution >= 4 is 5.69 Å². The van der Waals surface area contributed by atoms with Gasteiger partial charge in [0.25, 0.3) is 0 Å². The first-order valence-electron chi connectivity index (χ1n) is 5.36.